The number of ether oxygens (including phenoxy) is 3. The first kappa shape index (κ1) is 17.9. The van der Waals surface area contributed by atoms with Crippen LogP contribution in [0.2, 0.25) is 0 Å². The Hall–Kier alpha value is -1.43. The minimum atomic E-state index is -0.189. The minimum absolute atomic E-state index is 0.131. The second kappa shape index (κ2) is 10.4. The average molecular weight is 322 g/mol. The van der Waals surface area contributed by atoms with Crippen LogP contribution in [0.5, 0.6) is 0 Å². The smallest absolute Gasteiger partial charge is 0.306 e. The van der Waals surface area contributed by atoms with Crippen molar-refractivity contribution in [2.75, 3.05) is 39.5 Å². The number of hydrogen-bond acceptors (Lipinski definition) is 4. The predicted octanol–water partition coefficient (Wildman–Crippen LogP) is 0.830. The Morgan fingerprint density at radius 2 is 2.00 bits per heavy atom. The van der Waals surface area contributed by atoms with Crippen molar-refractivity contribution in [2.24, 2.45) is 0 Å². The first-order chi connectivity index (χ1) is 11.3. The van der Waals surface area contributed by atoms with Gasteiger partial charge in [0.25, 0.3) is 0 Å². The van der Waals surface area contributed by atoms with Crippen LogP contribution in [-0.4, -0.2) is 51.5 Å². The molecular weight excluding hydrogens is 294 g/mol. The fraction of sp³-hybridized carbons (Fsp3) is 0.611. The normalized spacial score (nSPS) is 16.9. The van der Waals surface area contributed by atoms with E-state index >= 15 is 0 Å². The third-order valence-electron chi connectivity index (χ3n) is 3.88. The van der Waals surface area contributed by atoms with Gasteiger partial charge in [-0.25, -0.2) is 0 Å². The molecule has 0 saturated carbocycles. The van der Waals surface area contributed by atoms with Crippen LogP contribution in [0.15, 0.2) is 30.3 Å². The molecule has 128 valence electrons. The molecule has 0 amide bonds. The molecule has 1 heterocycles. The molecule has 1 aromatic carbocycles. The Morgan fingerprint density at radius 1 is 1.26 bits per heavy atom. The van der Waals surface area contributed by atoms with E-state index in [2.05, 4.69) is 0 Å². The third kappa shape index (κ3) is 7.12. The zero-order chi connectivity index (χ0) is 16.3. The Bertz CT molecular complexity index is 446. The lowest BCUT2D eigenvalue weighted by Crippen LogP contribution is -3.15. The Balaban J connectivity index is 1.80. The monoisotopic (exact) mass is 322 g/mol. The molecule has 5 nitrogen and oxygen atoms in total. The molecule has 0 aliphatic carbocycles. The Kier molecular flexibility index (Phi) is 8.07. The maximum atomic E-state index is 11.8. The van der Waals surface area contributed by atoms with Gasteiger partial charge < -0.3 is 19.1 Å². The number of esters is 1. The second-order valence-corrected chi connectivity index (χ2v) is 5.93. The van der Waals surface area contributed by atoms with E-state index in [1.807, 2.05) is 37.3 Å². The largest absolute Gasteiger partial charge is 0.454 e. The molecule has 1 atom stereocenters. The highest BCUT2D eigenvalue weighted by atomic mass is 16.6. The van der Waals surface area contributed by atoms with Crippen molar-refractivity contribution in [2.45, 2.75) is 32.5 Å². The third-order valence-corrected chi connectivity index (χ3v) is 3.88. The van der Waals surface area contributed by atoms with Crippen molar-refractivity contribution >= 4 is 5.97 Å². The molecule has 0 unspecified atom stereocenters. The number of carbonyl (C=O) groups excluding carboxylic acids is 1. The van der Waals surface area contributed by atoms with Gasteiger partial charge in [0, 0.05) is 6.42 Å². The number of benzene rings is 1. The highest BCUT2D eigenvalue weighted by Gasteiger charge is 2.23. The van der Waals surface area contributed by atoms with Crippen molar-refractivity contribution in [3.63, 3.8) is 0 Å². The summed E-state index contributed by atoms with van der Waals surface area (Å²) in [6.07, 6.45) is 1.08. The lowest BCUT2D eigenvalue weighted by molar-refractivity contribution is -0.910. The molecule has 1 saturated heterocycles. The van der Waals surface area contributed by atoms with Gasteiger partial charge in [-0.05, 0) is 12.0 Å². The van der Waals surface area contributed by atoms with Gasteiger partial charge in [0.15, 0.2) is 6.10 Å². The molecule has 1 aromatic rings. The summed E-state index contributed by atoms with van der Waals surface area (Å²) in [6.45, 7) is 7.21. The van der Waals surface area contributed by atoms with E-state index in [9.17, 15) is 4.79 Å². The summed E-state index contributed by atoms with van der Waals surface area (Å²) < 4.78 is 16.8. The van der Waals surface area contributed by atoms with E-state index in [0.717, 1.165) is 44.8 Å². The van der Waals surface area contributed by atoms with E-state index < -0.39 is 0 Å². The first-order valence-electron chi connectivity index (χ1n) is 8.50. The van der Waals surface area contributed by atoms with Crippen molar-refractivity contribution in [3.8, 4) is 0 Å². The van der Waals surface area contributed by atoms with Gasteiger partial charge >= 0.3 is 5.97 Å². The number of carbonyl (C=O) groups is 1. The molecule has 23 heavy (non-hydrogen) atoms. The molecule has 0 radical (unpaired) electrons. The summed E-state index contributed by atoms with van der Waals surface area (Å²) in [4.78, 5) is 13.2. The molecule has 1 aliphatic rings. The number of quaternary nitrogens is 1. The summed E-state index contributed by atoms with van der Waals surface area (Å²) in [7, 11) is 0. The molecule has 2 rings (SSSR count). The lowest BCUT2D eigenvalue weighted by atomic mass is 10.2. The SMILES string of the molecule is CCCC(=O)O[C@@H](COCc1ccccc1)C[NH+]1CCOCC1. The Labute approximate surface area is 138 Å². The highest BCUT2D eigenvalue weighted by molar-refractivity contribution is 5.69. The quantitative estimate of drug-likeness (QED) is 0.684. The molecule has 5 heteroatoms. The van der Waals surface area contributed by atoms with Gasteiger partial charge in [0.05, 0.1) is 26.4 Å². The van der Waals surface area contributed by atoms with Gasteiger partial charge in [-0.1, -0.05) is 37.3 Å². The van der Waals surface area contributed by atoms with Crippen LogP contribution in [0.4, 0.5) is 0 Å². The number of hydrogen-bond donors (Lipinski definition) is 1. The first-order valence-corrected chi connectivity index (χ1v) is 8.50. The van der Waals surface area contributed by atoms with Gasteiger partial charge in [-0.15, -0.1) is 0 Å². The predicted molar refractivity (Wildman–Crippen MR) is 87.3 cm³/mol. The molecule has 0 aromatic heterocycles. The molecule has 1 N–H and O–H groups in total. The summed E-state index contributed by atoms with van der Waals surface area (Å²) in [6, 6.07) is 10.0. The zero-order valence-corrected chi connectivity index (χ0v) is 14.0. The van der Waals surface area contributed by atoms with E-state index in [4.69, 9.17) is 14.2 Å². The van der Waals surface area contributed by atoms with E-state index in [1.54, 1.807) is 0 Å². The Morgan fingerprint density at radius 3 is 2.70 bits per heavy atom. The van der Waals surface area contributed by atoms with Crippen LogP contribution in [-0.2, 0) is 25.6 Å². The lowest BCUT2D eigenvalue weighted by Gasteiger charge is -2.27. The summed E-state index contributed by atoms with van der Waals surface area (Å²) >= 11 is 0. The van der Waals surface area contributed by atoms with Crippen LogP contribution < -0.4 is 4.90 Å². The summed E-state index contributed by atoms with van der Waals surface area (Å²) in [5.74, 6) is -0.131. The van der Waals surface area contributed by atoms with Gasteiger partial charge in [0.2, 0.25) is 0 Å². The van der Waals surface area contributed by atoms with Crippen molar-refractivity contribution in [1.29, 1.82) is 0 Å². The maximum Gasteiger partial charge on any atom is 0.306 e. The number of morpholine rings is 1. The molecule has 0 spiro atoms. The maximum absolute atomic E-state index is 11.8. The van der Waals surface area contributed by atoms with Crippen molar-refractivity contribution in [1.82, 2.24) is 0 Å². The van der Waals surface area contributed by atoms with E-state index in [1.165, 1.54) is 4.90 Å². The van der Waals surface area contributed by atoms with Crippen LogP contribution >= 0.6 is 0 Å². The molecule has 0 bridgehead atoms. The second-order valence-electron chi connectivity index (χ2n) is 5.93. The summed E-state index contributed by atoms with van der Waals surface area (Å²) in [5.41, 5.74) is 1.13. The highest BCUT2D eigenvalue weighted by Crippen LogP contribution is 2.03. The van der Waals surface area contributed by atoms with Crippen LogP contribution in [0, 0.1) is 0 Å². The zero-order valence-electron chi connectivity index (χ0n) is 14.0. The van der Waals surface area contributed by atoms with E-state index in [0.29, 0.717) is 19.6 Å². The van der Waals surface area contributed by atoms with Crippen molar-refractivity contribution < 1.29 is 23.9 Å². The summed E-state index contributed by atoms with van der Waals surface area (Å²) in [5, 5.41) is 0. The van der Waals surface area contributed by atoms with E-state index in [-0.39, 0.29) is 12.1 Å². The topological polar surface area (TPSA) is 49.2 Å². The minimum Gasteiger partial charge on any atom is -0.454 e. The molecule has 1 aliphatic heterocycles. The molecular formula is C18H28NO4+. The number of nitrogens with one attached hydrogen (secondary N) is 1. The fourth-order valence-electron chi connectivity index (χ4n) is 2.65. The number of rotatable bonds is 9. The van der Waals surface area contributed by atoms with Gasteiger partial charge in [-0.3, -0.25) is 4.79 Å². The molecule has 1 fully saturated rings. The van der Waals surface area contributed by atoms with Crippen LogP contribution in [0.1, 0.15) is 25.3 Å². The van der Waals surface area contributed by atoms with Crippen molar-refractivity contribution in [3.05, 3.63) is 35.9 Å². The van der Waals surface area contributed by atoms with Gasteiger partial charge in [0.1, 0.15) is 19.6 Å². The fourth-order valence-corrected chi connectivity index (χ4v) is 2.65. The average Bonchev–Trinajstić information content (AvgIpc) is 2.57. The van der Waals surface area contributed by atoms with Crippen LogP contribution in [0.3, 0.4) is 0 Å². The van der Waals surface area contributed by atoms with Gasteiger partial charge in [-0.2, -0.15) is 0 Å². The van der Waals surface area contributed by atoms with Crippen LogP contribution in [0.25, 0.3) is 0 Å². The standard InChI is InChI=1S/C18H27NO4/c1-2-6-18(20)23-17(13-19-9-11-21-12-10-19)15-22-14-16-7-4-3-5-8-16/h3-5,7-8,17H,2,6,9-15H2,1H3/p+1/t17-/m1/s1.